The molecule has 8 heteroatoms. The molecule has 1 atom stereocenters. The Kier molecular flexibility index (Phi) is 5.21. The molecule has 1 N–H and O–H groups in total. The van der Waals surface area contributed by atoms with Crippen LogP contribution in [0.4, 0.5) is 5.69 Å². The Labute approximate surface area is 167 Å². The summed E-state index contributed by atoms with van der Waals surface area (Å²) in [5.74, 6) is -0.401. The molecule has 1 saturated heterocycles. The van der Waals surface area contributed by atoms with E-state index in [9.17, 15) is 9.59 Å². The number of aryl methyl sites for hydroxylation is 1. The molecular weight excluding hydrogens is 374 g/mol. The molecule has 7 nitrogen and oxygen atoms in total. The van der Waals surface area contributed by atoms with Crippen LogP contribution in [-0.4, -0.2) is 39.7 Å². The Morgan fingerprint density at radius 1 is 1.32 bits per heavy atom. The van der Waals surface area contributed by atoms with Crippen LogP contribution in [0.2, 0.25) is 0 Å². The largest absolute Gasteiger partial charge is 0.355 e. The predicted molar refractivity (Wildman–Crippen MR) is 108 cm³/mol. The predicted octanol–water partition coefficient (Wildman–Crippen LogP) is 2.35. The summed E-state index contributed by atoms with van der Waals surface area (Å²) in [5, 5.41) is 9.89. The fourth-order valence-electron chi connectivity index (χ4n) is 3.21. The molecule has 1 aliphatic heterocycles. The number of carbonyl (C=O) groups is 2. The normalized spacial score (nSPS) is 16.5. The van der Waals surface area contributed by atoms with Crippen molar-refractivity contribution in [3.05, 3.63) is 59.4 Å². The zero-order chi connectivity index (χ0) is 19.5. The third-order valence-electron chi connectivity index (χ3n) is 4.76. The van der Waals surface area contributed by atoms with Gasteiger partial charge >= 0.3 is 0 Å². The SMILES string of the molecule is Cc1ccc(N2CC(C(=O)NCCc3csc(-n4cccn4)n3)CC2=O)cc1. The third kappa shape index (κ3) is 3.96. The fourth-order valence-corrected chi connectivity index (χ4v) is 4.01. The lowest BCUT2D eigenvalue weighted by atomic mass is 10.1. The zero-order valence-corrected chi connectivity index (χ0v) is 16.4. The number of benzene rings is 1. The first-order chi connectivity index (χ1) is 13.6. The van der Waals surface area contributed by atoms with E-state index < -0.39 is 0 Å². The lowest BCUT2D eigenvalue weighted by Crippen LogP contribution is -2.34. The summed E-state index contributed by atoms with van der Waals surface area (Å²) >= 11 is 1.52. The molecule has 1 aromatic carbocycles. The van der Waals surface area contributed by atoms with Crippen molar-refractivity contribution >= 4 is 28.8 Å². The van der Waals surface area contributed by atoms with Gasteiger partial charge in [-0.1, -0.05) is 17.7 Å². The van der Waals surface area contributed by atoms with Crippen molar-refractivity contribution < 1.29 is 9.59 Å². The van der Waals surface area contributed by atoms with Gasteiger partial charge in [0.25, 0.3) is 0 Å². The van der Waals surface area contributed by atoms with Gasteiger partial charge in [0, 0.05) is 49.4 Å². The average molecular weight is 395 g/mol. The number of thiazole rings is 1. The van der Waals surface area contributed by atoms with Gasteiger partial charge in [-0.25, -0.2) is 9.67 Å². The number of aromatic nitrogens is 3. The molecule has 3 aromatic rings. The van der Waals surface area contributed by atoms with Crippen LogP contribution < -0.4 is 10.2 Å². The van der Waals surface area contributed by atoms with Crippen molar-refractivity contribution in [3.8, 4) is 5.13 Å². The molecular formula is C20H21N5O2S. The Balaban J connectivity index is 1.28. The molecule has 1 fully saturated rings. The monoisotopic (exact) mass is 395 g/mol. The first-order valence-corrected chi connectivity index (χ1v) is 10.1. The molecule has 2 aromatic heterocycles. The van der Waals surface area contributed by atoms with Crippen molar-refractivity contribution in [2.24, 2.45) is 5.92 Å². The zero-order valence-electron chi connectivity index (χ0n) is 15.5. The minimum absolute atomic E-state index is 0.00707. The Hall–Kier alpha value is -3.00. The number of rotatable bonds is 6. The van der Waals surface area contributed by atoms with Crippen molar-refractivity contribution in [1.82, 2.24) is 20.1 Å². The second-order valence-corrected chi connectivity index (χ2v) is 7.69. The van der Waals surface area contributed by atoms with Crippen LogP contribution in [0.3, 0.4) is 0 Å². The summed E-state index contributed by atoms with van der Waals surface area (Å²) in [6, 6.07) is 9.65. The van der Waals surface area contributed by atoms with E-state index in [0.717, 1.165) is 22.1 Å². The van der Waals surface area contributed by atoms with Gasteiger partial charge in [-0.15, -0.1) is 11.3 Å². The van der Waals surface area contributed by atoms with Gasteiger partial charge in [0.2, 0.25) is 16.9 Å². The number of hydrogen-bond acceptors (Lipinski definition) is 5. The highest BCUT2D eigenvalue weighted by atomic mass is 32.1. The Morgan fingerprint density at radius 3 is 2.89 bits per heavy atom. The second-order valence-electron chi connectivity index (χ2n) is 6.85. The highest BCUT2D eigenvalue weighted by Gasteiger charge is 2.34. The van der Waals surface area contributed by atoms with Crippen molar-refractivity contribution in [2.75, 3.05) is 18.0 Å². The fraction of sp³-hybridized carbons (Fsp3) is 0.300. The van der Waals surface area contributed by atoms with E-state index >= 15 is 0 Å². The molecule has 0 aliphatic carbocycles. The van der Waals surface area contributed by atoms with Crippen LogP contribution in [0.25, 0.3) is 5.13 Å². The first kappa shape index (κ1) is 18.4. The van der Waals surface area contributed by atoms with E-state index in [1.54, 1.807) is 15.8 Å². The average Bonchev–Trinajstić information content (AvgIpc) is 3.43. The number of nitrogens with one attached hydrogen (secondary N) is 1. The molecule has 0 spiro atoms. The van der Waals surface area contributed by atoms with Gasteiger partial charge < -0.3 is 10.2 Å². The maximum absolute atomic E-state index is 12.5. The highest BCUT2D eigenvalue weighted by Crippen LogP contribution is 2.25. The quantitative estimate of drug-likeness (QED) is 0.695. The van der Waals surface area contributed by atoms with Crippen LogP contribution in [0, 0.1) is 12.8 Å². The highest BCUT2D eigenvalue weighted by molar-refractivity contribution is 7.12. The lowest BCUT2D eigenvalue weighted by Gasteiger charge is -2.17. The molecule has 2 amide bonds. The van der Waals surface area contributed by atoms with E-state index in [0.29, 0.717) is 19.5 Å². The molecule has 0 radical (unpaired) electrons. The maximum atomic E-state index is 12.5. The summed E-state index contributed by atoms with van der Waals surface area (Å²) in [7, 11) is 0. The second kappa shape index (κ2) is 7.93. The van der Waals surface area contributed by atoms with Crippen LogP contribution in [-0.2, 0) is 16.0 Å². The van der Waals surface area contributed by atoms with E-state index in [2.05, 4.69) is 15.4 Å². The Morgan fingerprint density at radius 2 is 2.14 bits per heavy atom. The third-order valence-corrected chi connectivity index (χ3v) is 5.64. The van der Waals surface area contributed by atoms with Crippen molar-refractivity contribution in [1.29, 1.82) is 0 Å². The molecule has 28 heavy (non-hydrogen) atoms. The van der Waals surface area contributed by atoms with Crippen LogP contribution in [0.5, 0.6) is 0 Å². The number of carbonyl (C=O) groups excluding carboxylic acids is 2. The molecule has 0 saturated carbocycles. The van der Waals surface area contributed by atoms with Gasteiger partial charge in [0.15, 0.2) is 0 Å². The van der Waals surface area contributed by atoms with Crippen molar-refractivity contribution in [3.63, 3.8) is 0 Å². The molecule has 3 heterocycles. The van der Waals surface area contributed by atoms with Gasteiger partial charge in [0.1, 0.15) is 0 Å². The minimum Gasteiger partial charge on any atom is -0.355 e. The maximum Gasteiger partial charge on any atom is 0.227 e. The molecule has 0 bridgehead atoms. The Bertz CT molecular complexity index is 965. The molecule has 4 rings (SSSR count). The van der Waals surface area contributed by atoms with E-state index in [4.69, 9.17) is 0 Å². The number of nitrogens with zero attached hydrogens (tertiary/aromatic N) is 4. The first-order valence-electron chi connectivity index (χ1n) is 9.19. The van der Waals surface area contributed by atoms with Gasteiger partial charge in [-0.2, -0.15) is 5.10 Å². The van der Waals surface area contributed by atoms with Crippen molar-refractivity contribution in [2.45, 2.75) is 19.8 Å². The number of hydrogen-bond donors (Lipinski definition) is 1. The molecule has 144 valence electrons. The molecule has 1 unspecified atom stereocenters. The molecule has 1 aliphatic rings. The summed E-state index contributed by atoms with van der Waals surface area (Å²) in [6.45, 7) is 2.93. The van der Waals surface area contributed by atoms with Crippen LogP contribution >= 0.6 is 11.3 Å². The van der Waals surface area contributed by atoms with E-state index in [1.807, 2.05) is 48.8 Å². The smallest absolute Gasteiger partial charge is 0.227 e. The minimum atomic E-state index is -0.316. The summed E-state index contributed by atoms with van der Waals surface area (Å²) in [5.41, 5.74) is 2.90. The summed E-state index contributed by atoms with van der Waals surface area (Å²) in [6.07, 6.45) is 4.46. The summed E-state index contributed by atoms with van der Waals surface area (Å²) < 4.78 is 1.72. The number of anilines is 1. The van der Waals surface area contributed by atoms with Crippen LogP contribution in [0.1, 0.15) is 17.7 Å². The number of amides is 2. The van der Waals surface area contributed by atoms with E-state index in [-0.39, 0.29) is 24.2 Å². The topological polar surface area (TPSA) is 80.1 Å². The lowest BCUT2D eigenvalue weighted by molar-refractivity contribution is -0.126. The van der Waals surface area contributed by atoms with Gasteiger partial charge in [-0.05, 0) is 25.1 Å². The van der Waals surface area contributed by atoms with E-state index in [1.165, 1.54) is 11.3 Å². The standard InChI is InChI=1S/C20H21N5O2S/c1-14-3-5-17(6-4-14)24-12-15(11-18(24)26)19(27)21-9-7-16-13-28-20(23-16)25-10-2-8-22-25/h2-6,8,10,13,15H,7,9,11-12H2,1H3,(H,21,27). The van der Waals surface area contributed by atoms with Gasteiger partial charge in [0.05, 0.1) is 11.6 Å². The summed E-state index contributed by atoms with van der Waals surface area (Å²) in [4.78, 5) is 31.0. The van der Waals surface area contributed by atoms with Crippen LogP contribution in [0.15, 0.2) is 48.1 Å². The van der Waals surface area contributed by atoms with Gasteiger partial charge in [-0.3, -0.25) is 9.59 Å².